The second-order valence-corrected chi connectivity index (χ2v) is 5.24. The van der Waals surface area contributed by atoms with Gasteiger partial charge in [-0.1, -0.05) is 24.3 Å². The molecule has 0 aliphatic carbocycles. The molecule has 134 valence electrons. The number of benzene rings is 2. The molecular formula is C18H22N2O5. The second kappa shape index (κ2) is 9.61. The summed E-state index contributed by atoms with van der Waals surface area (Å²) in [7, 11) is 2.92. The van der Waals surface area contributed by atoms with Crippen molar-refractivity contribution < 1.29 is 23.8 Å². The summed E-state index contributed by atoms with van der Waals surface area (Å²) in [6, 6.07) is 11.0. The van der Waals surface area contributed by atoms with Crippen molar-refractivity contribution in [2.45, 2.75) is 0 Å². The number of nitrogens with one attached hydrogen (secondary N) is 2. The lowest BCUT2D eigenvalue weighted by molar-refractivity contribution is -0.142. The molecule has 7 nitrogen and oxygen atoms in total. The van der Waals surface area contributed by atoms with Crippen molar-refractivity contribution in [2.24, 2.45) is 0 Å². The van der Waals surface area contributed by atoms with Gasteiger partial charge in [-0.05, 0) is 12.1 Å². The van der Waals surface area contributed by atoms with Crippen molar-refractivity contribution in [2.75, 3.05) is 45.8 Å². The molecule has 0 aromatic heterocycles. The van der Waals surface area contributed by atoms with Crippen molar-refractivity contribution in [3.63, 3.8) is 0 Å². The Hall–Kier alpha value is -2.64. The highest BCUT2D eigenvalue weighted by Gasteiger charge is 2.10. The first-order valence-corrected chi connectivity index (χ1v) is 7.86. The van der Waals surface area contributed by atoms with E-state index < -0.39 is 5.97 Å². The molecule has 2 N–H and O–H groups in total. The SMILES string of the molecule is COCCNCC(=O)Nc1ccc(OCC(=O)OC)c2ccccc12. The van der Waals surface area contributed by atoms with Crippen LogP contribution < -0.4 is 15.4 Å². The quantitative estimate of drug-likeness (QED) is 0.529. The fraction of sp³-hybridized carbons (Fsp3) is 0.333. The Kier molecular flexibility index (Phi) is 7.18. The third kappa shape index (κ3) is 5.44. The van der Waals surface area contributed by atoms with Crippen LogP contribution in [-0.4, -0.2) is 52.4 Å². The van der Waals surface area contributed by atoms with Crippen molar-refractivity contribution in [1.29, 1.82) is 0 Å². The Morgan fingerprint density at radius 3 is 2.52 bits per heavy atom. The molecule has 0 radical (unpaired) electrons. The minimum atomic E-state index is -0.455. The molecule has 0 atom stereocenters. The maximum atomic E-state index is 12.1. The maximum absolute atomic E-state index is 12.1. The first-order valence-electron chi connectivity index (χ1n) is 7.86. The summed E-state index contributed by atoms with van der Waals surface area (Å²) < 4.78 is 15.0. The number of carbonyl (C=O) groups is 2. The van der Waals surface area contributed by atoms with Gasteiger partial charge in [-0.3, -0.25) is 4.79 Å². The molecule has 1 amide bonds. The van der Waals surface area contributed by atoms with Gasteiger partial charge in [0.2, 0.25) is 5.91 Å². The van der Waals surface area contributed by atoms with Gasteiger partial charge < -0.3 is 24.8 Å². The normalized spacial score (nSPS) is 10.5. The summed E-state index contributed by atoms with van der Waals surface area (Å²) in [6.45, 7) is 1.17. The number of methoxy groups -OCH3 is 2. The lowest BCUT2D eigenvalue weighted by atomic mass is 10.1. The van der Waals surface area contributed by atoms with Crippen LogP contribution in [0.2, 0.25) is 0 Å². The van der Waals surface area contributed by atoms with Gasteiger partial charge in [0.1, 0.15) is 5.75 Å². The van der Waals surface area contributed by atoms with Crippen LogP contribution in [0, 0.1) is 0 Å². The molecule has 2 aromatic rings. The average Bonchev–Trinajstić information content (AvgIpc) is 2.64. The third-order valence-corrected chi connectivity index (χ3v) is 3.50. The molecule has 0 fully saturated rings. The molecule has 25 heavy (non-hydrogen) atoms. The topological polar surface area (TPSA) is 85.9 Å². The van der Waals surface area contributed by atoms with Gasteiger partial charge in [0.25, 0.3) is 0 Å². The standard InChI is InChI=1S/C18H22N2O5/c1-23-10-9-19-11-17(21)20-15-7-8-16(25-12-18(22)24-2)14-6-4-3-5-13(14)15/h3-8,19H,9-12H2,1-2H3,(H,20,21). The second-order valence-electron chi connectivity index (χ2n) is 5.24. The zero-order valence-corrected chi connectivity index (χ0v) is 14.3. The Bertz CT molecular complexity index is 732. The Balaban J connectivity index is 2.11. The highest BCUT2D eigenvalue weighted by molar-refractivity contribution is 6.04. The van der Waals surface area contributed by atoms with E-state index >= 15 is 0 Å². The molecule has 0 heterocycles. The van der Waals surface area contributed by atoms with Gasteiger partial charge in [-0.2, -0.15) is 0 Å². The van der Waals surface area contributed by atoms with E-state index in [9.17, 15) is 9.59 Å². The number of anilines is 1. The smallest absolute Gasteiger partial charge is 0.343 e. The molecule has 0 aliphatic rings. The van der Waals surface area contributed by atoms with Gasteiger partial charge in [0, 0.05) is 30.1 Å². The van der Waals surface area contributed by atoms with Crippen LogP contribution in [0.15, 0.2) is 36.4 Å². The summed E-state index contributed by atoms with van der Waals surface area (Å²) in [5.41, 5.74) is 0.680. The van der Waals surface area contributed by atoms with Crippen molar-refractivity contribution in [3.8, 4) is 5.75 Å². The molecule has 2 rings (SSSR count). The van der Waals surface area contributed by atoms with Gasteiger partial charge in [-0.15, -0.1) is 0 Å². The summed E-state index contributed by atoms with van der Waals surface area (Å²) in [6.07, 6.45) is 0. The van der Waals surface area contributed by atoms with E-state index in [1.807, 2.05) is 24.3 Å². The van der Waals surface area contributed by atoms with Gasteiger partial charge in [0.15, 0.2) is 6.61 Å². The van der Waals surface area contributed by atoms with Crippen LogP contribution in [0.1, 0.15) is 0 Å². The molecule has 2 aromatic carbocycles. The predicted octanol–water partition coefficient (Wildman–Crippen LogP) is 1.57. The van der Waals surface area contributed by atoms with E-state index in [0.717, 1.165) is 10.8 Å². The number of amides is 1. The minimum absolute atomic E-state index is 0.149. The number of hydrogen-bond acceptors (Lipinski definition) is 6. The highest BCUT2D eigenvalue weighted by atomic mass is 16.6. The van der Waals surface area contributed by atoms with Crippen LogP contribution in [0.3, 0.4) is 0 Å². The van der Waals surface area contributed by atoms with E-state index in [1.165, 1.54) is 7.11 Å². The Labute approximate surface area is 146 Å². The molecule has 7 heteroatoms. The van der Waals surface area contributed by atoms with E-state index in [1.54, 1.807) is 19.2 Å². The lowest BCUT2D eigenvalue weighted by Gasteiger charge is -2.13. The summed E-state index contributed by atoms with van der Waals surface area (Å²) in [5.74, 6) is -0.0507. The third-order valence-electron chi connectivity index (χ3n) is 3.50. The van der Waals surface area contributed by atoms with Crippen LogP contribution in [0.25, 0.3) is 10.8 Å². The van der Waals surface area contributed by atoms with E-state index in [0.29, 0.717) is 24.6 Å². The monoisotopic (exact) mass is 346 g/mol. The molecule has 0 saturated carbocycles. The fourth-order valence-electron chi connectivity index (χ4n) is 2.27. The van der Waals surface area contributed by atoms with Gasteiger partial charge >= 0.3 is 5.97 Å². The zero-order valence-electron chi connectivity index (χ0n) is 14.3. The Morgan fingerprint density at radius 1 is 1.04 bits per heavy atom. The average molecular weight is 346 g/mol. The summed E-state index contributed by atoms with van der Waals surface area (Å²) >= 11 is 0. The molecule has 0 unspecified atom stereocenters. The maximum Gasteiger partial charge on any atom is 0.343 e. The van der Waals surface area contributed by atoms with E-state index in [2.05, 4.69) is 15.4 Å². The number of fused-ring (bicyclic) bond motifs is 1. The van der Waals surface area contributed by atoms with E-state index in [-0.39, 0.29) is 19.1 Å². The number of rotatable bonds is 9. The fourth-order valence-corrected chi connectivity index (χ4v) is 2.27. The molecular weight excluding hydrogens is 324 g/mol. The van der Waals surface area contributed by atoms with Gasteiger partial charge in [-0.25, -0.2) is 4.79 Å². The molecule has 0 bridgehead atoms. The lowest BCUT2D eigenvalue weighted by Crippen LogP contribution is -2.30. The van der Waals surface area contributed by atoms with Crippen LogP contribution in [0.5, 0.6) is 5.75 Å². The molecule has 0 aliphatic heterocycles. The Morgan fingerprint density at radius 2 is 1.80 bits per heavy atom. The number of esters is 1. The largest absolute Gasteiger partial charge is 0.481 e. The number of ether oxygens (including phenoxy) is 3. The minimum Gasteiger partial charge on any atom is -0.481 e. The van der Waals surface area contributed by atoms with E-state index in [4.69, 9.17) is 9.47 Å². The summed E-state index contributed by atoms with van der Waals surface area (Å²) in [4.78, 5) is 23.3. The first kappa shape index (κ1) is 18.7. The highest BCUT2D eigenvalue weighted by Crippen LogP contribution is 2.31. The van der Waals surface area contributed by atoms with Crippen molar-refractivity contribution in [1.82, 2.24) is 5.32 Å². The van der Waals surface area contributed by atoms with Crippen LogP contribution in [0.4, 0.5) is 5.69 Å². The van der Waals surface area contributed by atoms with Gasteiger partial charge in [0.05, 0.1) is 20.3 Å². The van der Waals surface area contributed by atoms with Crippen molar-refractivity contribution in [3.05, 3.63) is 36.4 Å². The number of hydrogen-bond donors (Lipinski definition) is 2. The molecule has 0 spiro atoms. The van der Waals surface area contributed by atoms with Crippen LogP contribution in [-0.2, 0) is 19.1 Å². The number of carbonyl (C=O) groups excluding carboxylic acids is 2. The molecule has 0 saturated heterocycles. The zero-order chi connectivity index (χ0) is 18.1. The first-order chi connectivity index (χ1) is 12.2. The summed E-state index contributed by atoms with van der Waals surface area (Å²) in [5, 5.41) is 7.50. The van der Waals surface area contributed by atoms with Crippen LogP contribution >= 0.6 is 0 Å². The van der Waals surface area contributed by atoms with Crippen molar-refractivity contribution >= 4 is 28.3 Å². The predicted molar refractivity (Wildman–Crippen MR) is 94.8 cm³/mol.